The third-order valence-electron chi connectivity index (χ3n) is 0.667. The average molecular weight is 228 g/mol. The zero-order chi connectivity index (χ0) is 10.4. The molecule has 0 unspecified atom stereocenters. The molecule has 0 saturated carbocycles. The monoisotopic (exact) mass is 228 g/mol. The van der Waals surface area contributed by atoms with Crippen LogP contribution >= 0.6 is 0 Å². The fourth-order valence-corrected chi connectivity index (χ4v) is 0.667. The zero-order valence-corrected chi connectivity index (χ0v) is 14.8. The Morgan fingerprint density at radius 2 is 1.08 bits per heavy atom. The maximum atomic E-state index is 7.08. The summed E-state index contributed by atoms with van der Waals surface area (Å²) in [5, 5.41) is 10.4. The molecule has 2 N–H and O–H groups in total. The van der Waals surface area contributed by atoms with Crippen LogP contribution in [0.15, 0.2) is 0 Å². The van der Waals surface area contributed by atoms with Crippen LogP contribution in [0.4, 0.5) is 0 Å². The van der Waals surface area contributed by atoms with Crippen molar-refractivity contribution in [1.29, 1.82) is 0 Å². The van der Waals surface area contributed by atoms with E-state index >= 15 is 0 Å². The second-order valence-electron chi connectivity index (χ2n) is 4.73. The molecular formula is C9H25KN2Si. The number of hydrogen-bond donors (Lipinski definition) is 1. The molecule has 76 valence electrons. The Hall–Kier alpha value is 1.77. The molecule has 0 aromatic carbocycles. The summed E-state index contributed by atoms with van der Waals surface area (Å²) in [5.74, 6) is 0. The second-order valence-corrected chi connectivity index (χ2v) is 9.23. The van der Waals surface area contributed by atoms with Crippen molar-refractivity contribution in [2.45, 2.75) is 59.4 Å². The summed E-state index contributed by atoms with van der Waals surface area (Å²) in [6.45, 7) is 14.6. The molecule has 13 heavy (non-hydrogen) atoms. The van der Waals surface area contributed by atoms with Crippen molar-refractivity contribution < 1.29 is 51.4 Å². The number of hydrogen-bond acceptors (Lipinski definition) is 1. The van der Waals surface area contributed by atoms with E-state index in [1.165, 1.54) is 0 Å². The van der Waals surface area contributed by atoms with Crippen LogP contribution in [0.2, 0.25) is 19.6 Å². The third kappa shape index (κ3) is 57.3. The molecule has 0 amide bonds. The number of rotatable bonds is 2. The van der Waals surface area contributed by atoms with Crippen molar-refractivity contribution in [3.63, 3.8) is 0 Å². The predicted octanol–water partition coefficient (Wildman–Crippen LogP) is 0.270. The van der Waals surface area contributed by atoms with Crippen molar-refractivity contribution >= 4 is 8.24 Å². The van der Waals surface area contributed by atoms with Gasteiger partial charge in [-0.25, -0.2) is 0 Å². The fourth-order valence-electron chi connectivity index (χ4n) is 0.667. The van der Waals surface area contributed by atoms with Gasteiger partial charge < -0.3 is 10.7 Å². The van der Waals surface area contributed by atoms with Gasteiger partial charge in [-0.1, -0.05) is 55.6 Å². The Balaban J connectivity index is -0.000000150. The molecule has 0 rings (SSSR count). The van der Waals surface area contributed by atoms with Crippen molar-refractivity contribution in [2.75, 3.05) is 0 Å². The van der Waals surface area contributed by atoms with Gasteiger partial charge in [0.1, 0.15) is 0 Å². The van der Waals surface area contributed by atoms with Crippen molar-refractivity contribution in [1.82, 2.24) is 5.32 Å². The molecule has 0 bridgehead atoms. The first kappa shape index (κ1) is 20.2. The molecule has 0 spiro atoms. The summed E-state index contributed by atoms with van der Waals surface area (Å²) >= 11 is 0. The largest absolute Gasteiger partial charge is 1.00 e. The average Bonchev–Trinajstić information content (AvgIpc) is 1.52. The van der Waals surface area contributed by atoms with Crippen LogP contribution in [-0.2, 0) is 0 Å². The smallest absolute Gasteiger partial charge is 0.680 e. The molecule has 0 aliphatic rings. The minimum atomic E-state index is -1.36. The van der Waals surface area contributed by atoms with Gasteiger partial charge in [-0.2, -0.15) is 0 Å². The first-order valence-corrected chi connectivity index (χ1v) is 8.14. The number of nitrogens with one attached hydrogen (secondary N) is 2. The van der Waals surface area contributed by atoms with Gasteiger partial charge in [-0.15, -0.1) is 0 Å². The molecule has 0 radical (unpaired) electrons. The SMILES string of the molecule is CC(C)NC(C)C.C[Si](C)(C)[NH-].[K+]. The van der Waals surface area contributed by atoms with E-state index in [2.05, 4.69) is 33.0 Å². The first-order chi connectivity index (χ1) is 5.13. The summed E-state index contributed by atoms with van der Waals surface area (Å²) in [6.07, 6.45) is 0. The predicted molar refractivity (Wildman–Crippen MR) is 61.1 cm³/mol. The van der Waals surface area contributed by atoms with E-state index in [0.717, 1.165) is 0 Å². The molecule has 4 heteroatoms. The van der Waals surface area contributed by atoms with E-state index in [1.807, 2.05) is 19.6 Å². The van der Waals surface area contributed by atoms with Gasteiger partial charge >= 0.3 is 51.4 Å². The molecular weight excluding hydrogens is 203 g/mol. The van der Waals surface area contributed by atoms with Gasteiger partial charge in [0.05, 0.1) is 0 Å². The van der Waals surface area contributed by atoms with E-state index in [4.69, 9.17) is 5.40 Å². The minimum Gasteiger partial charge on any atom is -0.680 e. The summed E-state index contributed by atoms with van der Waals surface area (Å²) < 4.78 is 0. The van der Waals surface area contributed by atoms with Crippen LogP contribution in [0.1, 0.15) is 27.7 Å². The van der Waals surface area contributed by atoms with Crippen LogP contribution in [0.5, 0.6) is 0 Å². The Labute approximate surface area is 128 Å². The fraction of sp³-hybridized carbons (Fsp3) is 1.00. The van der Waals surface area contributed by atoms with Crippen LogP contribution in [-0.4, -0.2) is 20.3 Å². The standard InChI is InChI=1S/C6H15N.C3H10NSi.K/c1-5(2)7-6(3)4;1-5(2,3)4;/h5-7H,1-4H3;4H,1-3H3;/q;-1;+1. The maximum absolute atomic E-state index is 7.08. The van der Waals surface area contributed by atoms with Gasteiger partial charge in [0, 0.05) is 12.1 Å². The Morgan fingerprint density at radius 1 is 0.923 bits per heavy atom. The first-order valence-electron chi connectivity index (χ1n) is 4.64. The van der Waals surface area contributed by atoms with Gasteiger partial charge in [-0.05, 0) is 0 Å². The topological polar surface area (TPSA) is 35.8 Å². The molecule has 0 saturated heterocycles. The van der Waals surface area contributed by atoms with E-state index in [-0.39, 0.29) is 51.4 Å². The van der Waals surface area contributed by atoms with Crippen molar-refractivity contribution in [3.8, 4) is 0 Å². The van der Waals surface area contributed by atoms with Crippen LogP contribution in [0.3, 0.4) is 0 Å². The molecule has 0 aliphatic carbocycles. The van der Waals surface area contributed by atoms with E-state index in [1.54, 1.807) is 0 Å². The van der Waals surface area contributed by atoms with E-state index < -0.39 is 8.24 Å². The summed E-state index contributed by atoms with van der Waals surface area (Å²) in [4.78, 5) is 0. The van der Waals surface area contributed by atoms with E-state index in [9.17, 15) is 0 Å². The van der Waals surface area contributed by atoms with Gasteiger partial charge in [0.25, 0.3) is 0 Å². The van der Waals surface area contributed by atoms with Crippen LogP contribution in [0.25, 0.3) is 5.40 Å². The Kier molecular flexibility index (Phi) is 16.0. The molecule has 2 nitrogen and oxygen atoms in total. The van der Waals surface area contributed by atoms with Crippen LogP contribution in [0, 0.1) is 0 Å². The Morgan fingerprint density at radius 3 is 1.08 bits per heavy atom. The third-order valence-corrected chi connectivity index (χ3v) is 0.667. The molecule has 0 fully saturated rings. The molecule has 0 heterocycles. The van der Waals surface area contributed by atoms with Crippen LogP contribution < -0.4 is 56.7 Å². The zero-order valence-electron chi connectivity index (χ0n) is 10.7. The van der Waals surface area contributed by atoms with E-state index in [0.29, 0.717) is 12.1 Å². The minimum absolute atomic E-state index is 0. The molecule has 0 aliphatic heterocycles. The van der Waals surface area contributed by atoms with Gasteiger partial charge in [-0.3, -0.25) is 0 Å². The second kappa shape index (κ2) is 10.3. The van der Waals surface area contributed by atoms with Gasteiger partial charge in [0.2, 0.25) is 0 Å². The molecule has 0 atom stereocenters. The van der Waals surface area contributed by atoms with Gasteiger partial charge in [0.15, 0.2) is 0 Å². The van der Waals surface area contributed by atoms with Crippen molar-refractivity contribution in [2.24, 2.45) is 0 Å². The summed E-state index contributed by atoms with van der Waals surface area (Å²) in [6, 6.07) is 1.25. The van der Waals surface area contributed by atoms with Crippen molar-refractivity contribution in [3.05, 3.63) is 5.40 Å². The normalized spacial score (nSPS) is 10.6. The quantitative estimate of drug-likeness (QED) is 0.677. The summed E-state index contributed by atoms with van der Waals surface area (Å²) in [7, 11) is -1.36. The molecule has 0 aromatic rings. The maximum Gasteiger partial charge on any atom is 1.00 e. The summed E-state index contributed by atoms with van der Waals surface area (Å²) in [5.41, 5.74) is 0. The molecule has 0 aromatic heterocycles. The Bertz CT molecular complexity index is 88.3.